The molecule has 6 aromatic rings. The van der Waals surface area contributed by atoms with Gasteiger partial charge in [-0.3, -0.25) is 4.57 Å². The van der Waals surface area contributed by atoms with E-state index < -0.39 is 0 Å². The second kappa shape index (κ2) is 7.51. The van der Waals surface area contributed by atoms with Gasteiger partial charge in [-0.25, -0.2) is 4.98 Å². The third kappa shape index (κ3) is 3.17. The molecule has 0 saturated carbocycles. The highest BCUT2D eigenvalue weighted by atomic mass is 15.1. The van der Waals surface area contributed by atoms with Crippen LogP contribution in [0.1, 0.15) is 5.56 Å². The van der Waals surface area contributed by atoms with E-state index in [2.05, 4.69) is 121 Å². The van der Waals surface area contributed by atoms with Gasteiger partial charge in [-0.2, -0.15) is 0 Å². The van der Waals surface area contributed by atoms with E-state index in [1.165, 1.54) is 27.5 Å². The van der Waals surface area contributed by atoms with Crippen LogP contribution in [0.5, 0.6) is 0 Å². The second-order valence-electron chi connectivity index (χ2n) is 8.23. The lowest BCUT2D eigenvalue weighted by molar-refractivity contribution is 1.10. The van der Waals surface area contributed by atoms with Gasteiger partial charge in [-0.05, 0) is 59.2 Å². The summed E-state index contributed by atoms with van der Waals surface area (Å²) in [7, 11) is 0. The van der Waals surface area contributed by atoms with Crippen molar-refractivity contribution in [3.63, 3.8) is 0 Å². The van der Waals surface area contributed by atoms with E-state index in [0.29, 0.717) is 0 Å². The lowest BCUT2D eigenvalue weighted by Crippen LogP contribution is -1.97. The summed E-state index contributed by atoms with van der Waals surface area (Å²) in [6.45, 7) is 2.12. The third-order valence-electron chi connectivity index (χ3n) is 6.08. The average Bonchev–Trinajstić information content (AvgIpc) is 3.24. The first-order valence-electron chi connectivity index (χ1n) is 10.9. The molecule has 0 aliphatic heterocycles. The largest absolute Gasteiger partial charge is 0.292 e. The Hall–Kier alpha value is -4.17. The maximum absolute atomic E-state index is 5.02. The van der Waals surface area contributed by atoms with E-state index in [0.717, 1.165) is 28.1 Å². The molecule has 1 heterocycles. The maximum Gasteiger partial charge on any atom is 0.145 e. The van der Waals surface area contributed by atoms with Crippen LogP contribution in [0.15, 0.2) is 115 Å². The third-order valence-corrected chi connectivity index (χ3v) is 6.08. The van der Waals surface area contributed by atoms with Crippen LogP contribution in [-0.4, -0.2) is 9.55 Å². The summed E-state index contributed by atoms with van der Waals surface area (Å²) >= 11 is 0. The quantitative estimate of drug-likeness (QED) is 0.291. The van der Waals surface area contributed by atoms with E-state index in [1.807, 2.05) is 6.07 Å². The molecule has 2 heteroatoms. The second-order valence-corrected chi connectivity index (χ2v) is 8.23. The van der Waals surface area contributed by atoms with E-state index in [4.69, 9.17) is 4.98 Å². The van der Waals surface area contributed by atoms with E-state index >= 15 is 0 Å². The molecule has 152 valence electrons. The molecule has 1 aromatic heterocycles. The highest BCUT2D eigenvalue weighted by Gasteiger charge is 2.14. The molecule has 0 spiro atoms. The van der Waals surface area contributed by atoms with Crippen molar-refractivity contribution in [2.45, 2.75) is 6.92 Å². The highest BCUT2D eigenvalue weighted by molar-refractivity contribution is 5.89. The van der Waals surface area contributed by atoms with Crippen molar-refractivity contribution in [3.8, 4) is 28.2 Å². The van der Waals surface area contributed by atoms with Gasteiger partial charge >= 0.3 is 0 Å². The van der Waals surface area contributed by atoms with E-state index in [-0.39, 0.29) is 0 Å². The number of imidazole rings is 1. The summed E-state index contributed by atoms with van der Waals surface area (Å²) in [6.07, 6.45) is 0. The van der Waals surface area contributed by atoms with E-state index in [9.17, 15) is 0 Å². The summed E-state index contributed by atoms with van der Waals surface area (Å²) < 4.78 is 2.26. The van der Waals surface area contributed by atoms with Crippen LogP contribution in [0, 0.1) is 6.92 Å². The standard InChI is InChI=1S/C30H22N2/c1-21-10-12-23(13-11-21)24-16-18-27(19-17-24)32-29-9-5-4-8-28(29)31-30(32)26-15-14-22-6-2-3-7-25(22)20-26/h2-20H,1H3. The zero-order chi connectivity index (χ0) is 21.5. The number of para-hydroxylation sites is 2. The number of fused-ring (bicyclic) bond motifs is 2. The minimum atomic E-state index is 0.958. The Kier molecular flexibility index (Phi) is 4.36. The molecular weight excluding hydrogens is 388 g/mol. The number of hydrogen-bond acceptors (Lipinski definition) is 1. The number of hydrogen-bond donors (Lipinski definition) is 0. The minimum Gasteiger partial charge on any atom is -0.292 e. The Morgan fingerprint density at radius 2 is 1.19 bits per heavy atom. The van der Waals surface area contributed by atoms with Gasteiger partial charge in [0.25, 0.3) is 0 Å². The predicted molar refractivity (Wildman–Crippen MR) is 134 cm³/mol. The Bertz CT molecular complexity index is 1560. The van der Waals surface area contributed by atoms with Crippen molar-refractivity contribution in [1.82, 2.24) is 9.55 Å². The van der Waals surface area contributed by atoms with Crippen LogP contribution in [0.25, 0.3) is 50.0 Å². The molecule has 0 N–H and O–H groups in total. The summed E-state index contributed by atoms with van der Waals surface area (Å²) in [6, 6.07) is 40.8. The first kappa shape index (κ1) is 18.6. The van der Waals surface area contributed by atoms with Crippen LogP contribution in [0.4, 0.5) is 0 Å². The molecule has 0 radical (unpaired) electrons. The molecule has 0 amide bonds. The predicted octanol–water partition coefficient (Wildman–Crippen LogP) is 7.82. The molecule has 0 atom stereocenters. The molecule has 5 aromatic carbocycles. The SMILES string of the molecule is Cc1ccc(-c2ccc(-n3c(-c4ccc5ccccc5c4)nc4ccccc43)cc2)cc1. The number of rotatable bonds is 3. The molecule has 0 fully saturated rings. The van der Waals surface area contributed by atoms with Gasteiger partial charge in [-0.15, -0.1) is 0 Å². The fourth-order valence-corrected chi connectivity index (χ4v) is 4.36. The molecular formula is C30H22N2. The minimum absolute atomic E-state index is 0.958. The van der Waals surface area contributed by atoms with Gasteiger partial charge in [0.15, 0.2) is 0 Å². The summed E-state index contributed by atoms with van der Waals surface area (Å²) in [5.41, 5.74) is 8.05. The van der Waals surface area contributed by atoms with Crippen molar-refractivity contribution in [3.05, 3.63) is 121 Å². The zero-order valence-corrected chi connectivity index (χ0v) is 17.9. The Labute approximate surface area is 187 Å². The van der Waals surface area contributed by atoms with Gasteiger partial charge in [-0.1, -0.05) is 90.5 Å². The average molecular weight is 411 g/mol. The van der Waals surface area contributed by atoms with Crippen LogP contribution in [0.3, 0.4) is 0 Å². The summed E-state index contributed by atoms with van der Waals surface area (Å²) in [5.74, 6) is 0.958. The topological polar surface area (TPSA) is 17.8 Å². The number of aryl methyl sites for hydroxylation is 1. The Morgan fingerprint density at radius 3 is 1.97 bits per heavy atom. The fraction of sp³-hybridized carbons (Fsp3) is 0.0333. The van der Waals surface area contributed by atoms with Gasteiger partial charge in [0.05, 0.1) is 11.0 Å². The molecule has 0 unspecified atom stereocenters. The molecule has 0 aliphatic rings. The summed E-state index contributed by atoms with van der Waals surface area (Å²) in [4.78, 5) is 5.02. The van der Waals surface area contributed by atoms with Crippen LogP contribution in [0.2, 0.25) is 0 Å². The molecule has 2 nitrogen and oxygen atoms in total. The Morgan fingerprint density at radius 1 is 0.562 bits per heavy atom. The summed E-state index contributed by atoms with van der Waals surface area (Å²) in [5, 5.41) is 2.46. The highest BCUT2D eigenvalue weighted by Crippen LogP contribution is 2.31. The van der Waals surface area contributed by atoms with Crippen LogP contribution < -0.4 is 0 Å². The monoisotopic (exact) mass is 410 g/mol. The molecule has 6 rings (SSSR count). The van der Waals surface area contributed by atoms with Crippen LogP contribution >= 0.6 is 0 Å². The van der Waals surface area contributed by atoms with Crippen molar-refractivity contribution < 1.29 is 0 Å². The number of nitrogens with zero attached hydrogens (tertiary/aromatic N) is 2. The van der Waals surface area contributed by atoms with Gasteiger partial charge in [0.1, 0.15) is 5.82 Å². The smallest absolute Gasteiger partial charge is 0.145 e. The van der Waals surface area contributed by atoms with Gasteiger partial charge < -0.3 is 0 Å². The van der Waals surface area contributed by atoms with Crippen molar-refractivity contribution in [1.29, 1.82) is 0 Å². The molecule has 0 saturated heterocycles. The Balaban J connectivity index is 1.51. The first-order valence-corrected chi connectivity index (χ1v) is 10.9. The first-order chi connectivity index (χ1) is 15.8. The fourth-order valence-electron chi connectivity index (χ4n) is 4.36. The number of aromatic nitrogens is 2. The molecule has 0 bridgehead atoms. The lowest BCUT2D eigenvalue weighted by Gasteiger charge is -2.11. The van der Waals surface area contributed by atoms with Gasteiger partial charge in [0.2, 0.25) is 0 Å². The number of benzene rings is 5. The van der Waals surface area contributed by atoms with E-state index in [1.54, 1.807) is 0 Å². The molecule has 0 aliphatic carbocycles. The van der Waals surface area contributed by atoms with Crippen molar-refractivity contribution in [2.24, 2.45) is 0 Å². The van der Waals surface area contributed by atoms with Crippen LogP contribution in [-0.2, 0) is 0 Å². The van der Waals surface area contributed by atoms with Crippen molar-refractivity contribution in [2.75, 3.05) is 0 Å². The van der Waals surface area contributed by atoms with Gasteiger partial charge in [0, 0.05) is 11.3 Å². The lowest BCUT2D eigenvalue weighted by atomic mass is 10.0. The van der Waals surface area contributed by atoms with Crippen molar-refractivity contribution >= 4 is 21.8 Å². The maximum atomic E-state index is 5.02. The zero-order valence-electron chi connectivity index (χ0n) is 17.9. The molecule has 32 heavy (non-hydrogen) atoms. The normalized spacial score (nSPS) is 11.3.